The SMILES string of the molecule is CCNC1CCOC(C)(c2cc(C)ccc2OC)C1. The Balaban J connectivity index is 2.30. The maximum atomic E-state index is 6.11. The molecule has 0 aliphatic carbocycles. The largest absolute Gasteiger partial charge is 0.496 e. The summed E-state index contributed by atoms with van der Waals surface area (Å²) in [5.74, 6) is 0.922. The molecule has 2 unspecified atom stereocenters. The molecule has 3 heteroatoms. The molecular weight excluding hydrogens is 238 g/mol. The van der Waals surface area contributed by atoms with E-state index in [0.717, 1.165) is 37.3 Å². The number of aryl methyl sites for hydroxylation is 1. The van der Waals surface area contributed by atoms with E-state index in [1.54, 1.807) is 7.11 Å². The van der Waals surface area contributed by atoms with Crippen LogP contribution in [0.4, 0.5) is 0 Å². The molecule has 1 fully saturated rings. The number of hydrogen-bond acceptors (Lipinski definition) is 3. The second-order valence-corrected chi connectivity index (χ2v) is 5.53. The van der Waals surface area contributed by atoms with Crippen molar-refractivity contribution in [1.82, 2.24) is 5.32 Å². The molecule has 0 amide bonds. The van der Waals surface area contributed by atoms with Crippen molar-refractivity contribution < 1.29 is 9.47 Å². The van der Waals surface area contributed by atoms with Gasteiger partial charge in [0.05, 0.1) is 12.7 Å². The Bertz CT molecular complexity index is 431. The Kier molecular flexibility index (Phi) is 4.48. The Hall–Kier alpha value is -1.06. The van der Waals surface area contributed by atoms with Crippen molar-refractivity contribution in [1.29, 1.82) is 0 Å². The first kappa shape index (κ1) is 14.4. The average Bonchev–Trinajstić information content (AvgIpc) is 2.39. The van der Waals surface area contributed by atoms with Gasteiger partial charge in [-0.3, -0.25) is 0 Å². The van der Waals surface area contributed by atoms with Crippen LogP contribution in [-0.4, -0.2) is 26.3 Å². The molecular formula is C16H25NO2. The summed E-state index contributed by atoms with van der Waals surface area (Å²) in [6.45, 7) is 8.24. The van der Waals surface area contributed by atoms with Crippen molar-refractivity contribution in [3.63, 3.8) is 0 Å². The molecule has 0 spiro atoms. The monoisotopic (exact) mass is 263 g/mol. The topological polar surface area (TPSA) is 30.5 Å². The fraction of sp³-hybridized carbons (Fsp3) is 0.625. The zero-order valence-electron chi connectivity index (χ0n) is 12.5. The van der Waals surface area contributed by atoms with E-state index in [-0.39, 0.29) is 5.60 Å². The number of nitrogens with one attached hydrogen (secondary N) is 1. The molecule has 0 bridgehead atoms. The summed E-state index contributed by atoms with van der Waals surface area (Å²) < 4.78 is 11.6. The Morgan fingerprint density at radius 2 is 2.26 bits per heavy atom. The predicted octanol–water partition coefficient (Wildman–Crippen LogP) is 3.01. The lowest BCUT2D eigenvalue weighted by Gasteiger charge is -2.39. The van der Waals surface area contributed by atoms with E-state index in [1.807, 2.05) is 6.07 Å². The molecule has 1 aliphatic heterocycles. The smallest absolute Gasteiger partial charge is 0.124 e. The van der Waals surface area contributed by atoms with E-state index in [9.17, 15) is 0 Å². The lowest BCUT2D eigenvalue weighted by Crippen LogP contribution is -2.43. The standard InChI is InChI=1S/C16H25NO2/c1-5-17-13-8-9-19-16(3,11-13)14-10-12(2)6-7-15(14)18-4/h6-7,10,13,17H,5,8-9,11H2,1-4H3. The summed E-state index contributed by atoms with van der Waals surface area (Å²) >= 11 is 0. The first-order valence-electron chi connectivity index (χ1n) is 7.11. The van der Waals surface area contributed by atoms with E-state index < -0.39 is 0 Å². The lowest BCUT2D eigenvalue weighted by molar-refractivity contribution is -0.0821. The maximum Gasteiger partial charge on any atom is 0.124 e. The van der Waals surface area contributed by atoms with Crippen LogP contribution >= 0.6 is 0 Å². The van der Waals surface area contributed by atoms with Crippen LogP contribution in [0.5, 0.6) is 5.75 Å². The van der Waals surface area contributed by atoms with Crippen LogP contribution in [0, 0.1) is 6.92 Å². The van der Waals surface area contributed by atoms with Gasteiger partial charge >= 0.3 is 0 Å². The maximum absolute atomic E-state index is 6.11. The zero-order valence-corrected chi connectivity index (χ0v) is 12.5. The highest BCUT2D eigenvalue weighted by Crippen LogP contribution is 2.40. The molecule has 2 atom stereocenters. The number of ether oxygens (including phenoxy) is 2. The molecule has 1 N–H and O–H groups in total. The Morgan fingerprint density at radius 1 is 1.47 bits per heavy atom. The highest BCUT2D eigenvalue weighted by molar-refractivity contribution is 5.41. The first-order chi connectivity index (χ1) is 9.09. The zero-order chi connectivity index (χ0) is 13.9. The highest BCUT2D eigenvalue weighted by Gasteiger charge is 2.36. The van der Waals surface area contributed by atoms with Crippen LogP contribution in [0.1, 0.15) is 37.8 Å². The number of methoxy groups -OCH3 is 1. The molecule has 3 nitrogen and oxygen atoms in total. The lowest BCUT2D eigenvalue weighted by atomic mass is 9.84. The van der Waals surface area contributed by atoms with Gasteiger partial charge in [0.15, 0.2) is 0 Å². The summed E-state index contributed by atoms with van der Waals surface area (Å²) in [5, 5.41) is 3.54. The van der Waals surface area contributed by atoms with E-state index in [0.29, 0.717) is 6.04 Å². The summed E-state index contributed by atoms with van der Waals surface area (Å²) in [7, 11) is 1.72. The third-order valence-electron chi connectivity index (χ3n) is 3.94. The van der Waals surface area contributed by atoms with E-state index in [4.69, 9.17) is 9.47 Å². The van der Waals surface area contributed by atoms with Crippen molar-refractivity contribution in [2.75, 3.05) is 20.3 Å². The molecule has 1 saturated heterocycles. The van der Waals surface area contributed by atoms with Crippen molar-refractivity contribution in [3.05, 3.63) is 29.3 Å². The van der Waals surface area contributed by atoms with Crippen LogP contribution in [0.3, 0.4) is 0 Å². The van der Waals surface area contributed by atoms with Gasteiger partial charge in [0.25, 0.3) is 0 Å². The third kappa shape index (κ3) is 3.10. The molecule has 1 aromatic carbocycles. The van der Waals surface area contributed by atoms with Gasteiger partial charge in [-0.2, -0.15) is 0 Å². The summed E-state index contributed by atoms with van der Waals surface area (Å²) in [6, 6.07) is 6.83. The minimum atomic E-state index is -0.261. The van der Waals surface area contributed by atoms with Gasteiger partial charge < -0.3 is 14.8 Å². The van der Waals surface area contributed by atoms with Crippen LogP contribution < -0.4 is 10.1 Å². The number of hydrogen-bond donors (Lipinski definition) is 1. The highest BCUT2D eigenvalue weighted by atomic mass is 16.5. The normalized spacial score (nSPS) is 27.3. The fourth-order valence-electron chi connectivity index (χ4n) is 2.94. The van der Waals surface area contributed by atoms with E-state index in [1.165, 1.54) is 5.56 Å². The molecule has 1 aliphatic rings. The van der Waals surface area contributed by atoms with E-state index >= 15 is 0 Å². The predicted molar refractivity (Wildman–Crippen MR) is 77.7 cm³/mol. The fourth-order valence-corrected chi connectivity index (χ4v) is 2.94. The van der Waals surface area contributed by atoms with Gasteiger partial charge in [-0.15, -0.1) is 0 Å². The molecule has 106 valence electrons. The molecule has 0 aromatic heterocycles. The molecule has 0 radical (unpaired) electrons. The summed E-state index contributed by atoms with van der Waals surface area (Å²) in [4.78, 5) is 0. The first-order valence-corrected chi connectivity index (χ1v) is 7.11. The summed E-state index contributed by atoms with van der Waals surface area (Å²) in [5.41, 5.74) is 2.14. The molecule has 19 heavy (non-hydrogen) atoms. The van der Waals surface area contributed by atoms with Crippen molar-refractivity contribution in [2.24, 2.45) is 0 Å². The molecule has 2 rings (SSSR count). The quantitative estimate of drug-likeness (QED) is 0.906. The van der Waals surface area contributed by atoms with Crippen molar-refractivity contribution in [3.8, 4) is 5.75 Å². The minimum Gasteiger partial charge on any atom is -0.496 e. The van der Waals surface area contributed by atoms with Gasteiger partial charge in [-0.1, -0.05) is 18.6 Å². The number of benzene rings is 1. The van der Waals surface area contributed by atoms with E-state index in [2.05, 4.69) is 38.2 Å². The second kappa shape index (κ2) is 5.93. The van der Waals surface area contributed by atoms with Gasteiger partial charge in [0.2, 0.25) is 0 Å². The second-order valence-electron chi connectivity index (χ2n) is 5.53. The van der Waals surface area contributed by atoms with Gasteiger partial charge in [0.1, 0.15) is 5.75 Å². The van der Waals surface area contributed by atoms with Crippen LogP contribution in [0.2, 0.25) is 0 Å². The van der Waals surface area contributed by atoms with Crippen molar-refractivity contribution >= 4 is 0 Å². The third-order valence-corrected chi connectivity index (χ3v) is 3.94. The Labute approximate surface area is 116 Å². The molecule has 1 aromatic rings. The van der Waals surface area contributed by atoms with Crippen LogP contribution in [-0.2, 0) is 10.3 Å². The van der Waals surface area contributed by atoms with Crippen LogP contribution in [0.25, 0.3) is 0 Å². The molecule has 0 saturated carbocycles. The van der Waals surface area contributed by atoms with Gasteiger partial charge in [-0.25, -0.2) is 0 Å². The summed E-state index contributed by atoms with van der Waals surface area (Å²) in [6.07, 6.45) is 2.07. The van der Waals surface area contributed by atoms with Gasteiger partial charge in [-0.05, 0) is 45.4 Å². The minimum absolute atomic E-state index is 0.261. The Morgan fingerprint density at radius 3 is 2.95 bits per heavy atom. The van der Waals surface area contributed by atoms with Crippen molar-refractivity contribution in [2.45, 2.75) is 45.3 Å². The van der Waals surface area contributed by atoms with Gasteiger partial charge in [0, 0.05) is 18.2 Å². The average molecular weight is 263 g/mol. The van der Waals surface area contributed by atoms with Crippen LogP contribution in [0.15, 0.2) is 18.2 Å². The molecule has 1 heterocycles. The number of rotatable bonds is 4.